The number of ether oxygens (including phenoxy) is 1. The molecule has 4 heteroatoms. The molecule has 0 bridgehead atoms. The predicted octanol–water partition coefficient (Wildman–Crippen LogP) is 5.14. The summed E-state index contributed by atoms with van der Waals surface area (Å²) in [5, 5.41) is 0. The molecule has 0 aromatic heterocycles. The Morgan fingerprint density at radius 1 is 0.862 bits per heavy atom. The van der Waals surface area contributed by atoms with Crippen LogP contribution in [0.1, 0.15) is 55.3 Å². The summed E-state index contributed by atoms with van der Waals surface area (Å²) in [5.41, 5.74) is 4.11. The summed E-state index contributed by atoms with van der Waals surface area (Å²) in [4.78, 5) is 4.91. The van der Waals surface area contributed by atoms with Crippen LogP contribution < -0.4 is 4.90 Å². The predicted molar refractivity (Wildman–Crippen MR) is 115 cm³/mol. The summed E-state index contributed by atoms with van der Waals surface area (Å²) in [5.74, 6) is 0.441. The summed E-state index contributed by atoms with van der Waals surface area (Å²) in [6, 6.07) is 15.9. The van der Waals surface area contributed by atoms with Gasteiger partial charge in [0.2, 0.25) is 0 Å². The van der Waals surface area contributed by atoms with E-state index in [0.717, 1.165) is 44.8 Å². The normalized spacial score (nSPS) is 27.3. The molecule has 0 spiro atoms. The molecule has 29 heavy (non-hydrogen) atoms. The zero-order valence-corrected chi connectivity index (χ0v) is 17.1. The molecule has 2 heterocycles. The molecule has 3 nitrogen and oxygen atoms in total. The van der Waals surface area contributed by atoms with Crippen molar-refractivity contribution >= 4 is 5.69 Å². The van der Waals surface area contributed by atoms with Crippen LogP contribution in [0, 0.1) is 5.82 Å². The molecule has 5 rings (SSSR count). The Kier molecular flexibility index (Phi) is 5.56. The summed E-state index contributed by atoms with van der Waals surface area (Å²) in [6.45, 7) is 5.18. The van der Waals surface area contributed by atoms with E-state index in [1.807, 2.05) is 12.1 Å². The largest absolute Gasteiger partial charge is 0.370 e. The number of anilines is 1. The van der Waals surface area contributed by atoms with Crippen molar-refractivity contribution in [2.45, 2.75) is 50.2 Å². The third-order valence-corrected chi connectivity index (χ3v) is 7.06. The molecule has 2 aromatic rings. The molecule has 1 saturated carbocycles. The Bertz CT molecular complexity index is 816. The second-order valence-corrected chi connectivity index (χ2v) is 8.78. The Hall–Kier alpha value is -1.91. The molecule has 0 radical (unpaired) electrons. The molecule has 3 aliphatic rings. The van der Waals surface area contributed by atoms with Crippen LogP contribution in [0.5, 0.6) is 0 Å². The third kappa shape index (κ3) is 4.06. The molecule has 154 valence electrons. The fraction of sp³-hybridized carbons (Fsp3) is 0.520. The molecule has 1 unspecified atom stereocenters. The van der Waals surface area contributed by atoms with Gasteiger partial charge in [0.1, 0.15) is 5.82 Å². The van der Waals surface area contributed by atoms with Crippen LogP contribution in [0.15, 0.2) is 48.5 Å². The van der Waals surface area contributed by atoms with E-state index in [0.29, 0.717) is 12.0 Å². The van der Waals surface area contributed by atoms with Crippen LogP contribution in [-0.2, 0) is 4.74 Å². The van der Waals surface area contributed by atoms with Gasteiger partial charge in [-0.3, -0.25) is 4.90 Å². The number of rotatable bonds is 4. The average Bonchev–Trinajstić information content (AvgIpc) is 2.78. The minimum absolute atomic E-state index is 0.166. The molecule has 0 N–H and O–H groups in total. The van der Waals surface area contributed by atoms with Crippen molar-refractivity contribution < 1.29 is 9.13 Å². The van der Waals surface area contributed by atoms with Crippen molar-refractivity contribution in [2.24, 2.45) is 0 Å². The summed E-state index contributed by atoms with van der Waals surface area (Å²) < 4.78 is 19.8. The number of benzene rings is 2. The van der Waals surface area contributed by atoms with Gasteiger partial charge in [-0.15, -0.1) is 0 Å². The number of hydrogen-bond donors (Lipinski definition) is 0. The van der Waals surface area contributed by atoms with Crippen LogP contribution in [0.25, 0.3) is 0 Å². The van der Waals surface area contributed by atoms with Gasteiger partial charge < -0.3 is 9.64 Å². The Morgan fingerprint density at radius 2 is 1.59 bits per heavy atom. The molecule has 0 amide bonds. The van der Waals surface area contributed by atoms with Gasteiger partial charge in [-0.1, -0.05) is 37.1 Å². The van der Waals surface area contributed by atoms with E-state index in [4.69, 9.17) is 4.74 Å². The smallest absolute Gasteiger partial charge is 0.123 e. The van der Waals surface area contributed by atoms with Crippen molar-refractivity contribution in [1.82, 2.24) is 4.90 Å². The fourth-order valence-electron chi connectivity index (χ4n) is 5.45. The van der Waals surface area contributed by atoms with E-state index in [2.05, 4.69) is 34.1 Å². The standard InChI is InChI=1S/C25H31FN2O/c26-19-9-11-20(12-10-19)28-17-15-27(16-18-28)14-13-25-23-6-2-1-5-21(23)22-7-3-4-8-24(22)29-25/h1-2,5-6,9-12,22,24-25H,3-4,7-8,13-18H2/t22-,24?,25+/m1/s1. The van der Waals surface area contributed by atoms with E-state index in [1.54, 1.807) is 17.7 Å². The summed E-state index contributed by atoms with van der Waals surface area (Å²) >= 11 is 0. The number of fused-ring (bicyclic) bond motifs is 3. The molecular weight excluding hydrogens is 363 g/mol. The third-order valence-electron chi connectivity index (χ3n) is 7.06. The van der Waals surface area contributed by atoms with Gasteiger partial charge >= 0.3 is 0 Å². The van der Waals surface area contributed by atoms with Crippen LogP contribution in [0.3, 0.4) is 0 Å². The Balaban J connectivity index is 1.19. The highest BCUT2D eigenvalue weighted by molar-refractivity contribution is 5.46. The second kappa shape index (κ2) is 8.45. The number of piperazine rings is 1. The van der Waals surface area contributed by atoms with Crippen molar-refractivity contribution in [3.8, 4) is 0 Å². The van der Waals surface area contributed by atoms with E-state index < -0.39 is 0 Å². The first-order valence-corrected chi connectivity index (χ1v) is 11.2. The lowest BCUT2D eigenvalue weighted by Gasteiger charge is -2.42. The van der Waals surface area contributed by atoms with Gasteiger partial charge in [0.05, 0.1) is 12.2 Å². The number of nitrogens with zero attached hydrogens (tertiary/aromatic N) is 2. The van der Waals surface area contributed by atoms with Gasteiger partial charge in [0, 0.05) is 44.3 Å². The second-order valence-electron chi connectivity index (χ2n) is 8.78. The number of halogens is 1. The molecule has 2 aromatic carbocycles. The topological polar surface area (TPSA) is 15.7 Å². The van der Waals surface area contributed by atoms with E-state index in [9.17, 15) is 4.39 Å². The quantitative estimate of drug-likeness (QED) is 0.714. The van der Waals surface area contributed by atoms with Gasteiger partial charge in [-0.05, 0) is 54.7 Å². The fourth-order valence-corrected chi connectivity index (χ4v) is 5.45. The van der Waals surface area contributed by atoms with Crippen LogP contribution in [0.4, 0.5) is 10.1 Å². The average molecular weight is 395 g/mol. The highest BCUT2D eigenvalue weighted by Gasteiger charge is 2.36. The SMILES string of the molecule is Fc1ccc(N2CCN(CC[C@@H]3OC4CCCC[C@@H]4c4ccccc43)CC2)cc1. The van der Waals surface area contributed by atoms with Crippen molar-refractivity contribution in [3.63, 3.8) is 0 Å². The maximum Gasteiger partial charge on any atom is 0.123 e. The zero-order chi connectivity index (χ0) is 19.6. The first-order valence-electron chi connectivity index (χ1n) is 11.2. The van der Waals surface area contributed by atoms with Crippen LogP contribution in [-0.4, -0.2) is 43.7 Å². The van der Waals surface area contributed by atoms with Gasteiger partial charge in [-0.25, -0.2) is 4.39 Å². The van der Waals surface area contributed by atoms with Crippen LogP contribution in [0.2, 0.25) is 0 Å². The lowest BCUT2D eigenvalue weighted by molar-refractivity contribution is -0.0635. The molecule has 1 saturated heterocycles. The number of hydrogen-bond acceptors (Lipinski definition) is 3. The Morgan fingerprint density at radius 3 is 2.38 bits per heavy atom. The minimum Gasteiger partial charge on any atom is -0.370 e. The molecule has 1 aliphatic carbocycles. The molecule has 3 atom stereocenters. The van der Waals surface area contributed by atoms with Gasteiger partial charge in [0.25, 0.3) is 0 Å². The highest BCUT2D eigenvalue weighted by Crippen LogP contribution is 2.45. The van der Waals surface area contributed by atoms with Gasteiger partial charge in [0.15, 0.2) is 0 Å². The Labute approximate surface area is 173 Å². The molecule has 2 aliphatic heterocycles. The summed E-state index contributed by atoms with van der Waals surface area (Å²) in [7, 11) is 0. The monoisotopic (exact) mass is 394 g/mol. The first-order chi connectivity index (χ1) is 14.3. The molecule has 2 fully saturated rings. The van der Waals surface area contributed by atoms with E-state index >= 15 is 0 Å². The highest BCUT2D eigenvalue weighted by atomic mass is 19.1. The van der Waals surface area contributed by atoms with Crippen molar-refractivity contribution in [1.29, 1.82) is 0 Å². The van der Waals surface area contributed by atoms with E-state index in [1.165, 1.54) is 31.2 Å². The van der Waals surface area contributed by atoms with Crippen molar-refractivity contribution in [3.05, 3.63) is 65.5 Å². The van der Waals surface area contributed by atoms with Crippen LogP contribution >= 0.6 is 0 Å². The summed E-state index contributed by atoms with van der Waals surface area (Å²) in [6.07, 6.45) is 6.85. The lowest BCUT2D eigenvalue weighted by Crippen LogP contribution is -2.47. The minimum atomic E-state index is -0.166. The molecular formula is C25H31FN2O. The van der Waals surface area contributed by atoms with E-state index in [-0.39, 0.29) is 11.9 Å². The van der Waals surface area contributed by atoms with Crippen molar-refractivity contribution in [2.75, 3.05) is 37.6 Å². The first kappa shape index (κ1) is 19.1. The lowest BCUT2D eigenvalue weighted by atomic mass is 9.76. The maximum atomic E-state index is 13.2. The van der Waals surface area contributed by atoms with Gasteiger partial charge in [-0.2, -0.15) is 0 Å². The maximum absolute atomic E-state index is 13.2. The zero-order valence-electron chi connectivity index (χ0n) is 17.1.